The first-order valence-electron chi connectivity index (χ1n) is 13.5. The zero-order valence-electron chi connectivity index (χ0n) is 20.6. The largest absolute Gasteiger partial charge is 0.393 e. The predicted molar refractivity (Wildman–Crippen MR) is 123 cm³/mol. The van der Waals surface area contributed by atoms with Gasteiger partial charge in [-0.15, -0.1) is 0 Å². The molecule has 4 aliphatic carbocycles. The smallest absolute Gasteiger partial charge is 0.103 e. The van der Waals surface area contributed by atoms with Gasteiger partial charge in [0.2, 0.25) is 0 Å². The Labute approximate surface area is 185 Å². The summed E-state index contributed by atoms with van der Waals surface area (Å²) in [5.74, 6) is 6.09. The Morgan fingerprint density at radius 1 is 0.933 bits per heavy atom. The molecule has 0 aromatic carbocycles. The molecule has 0 amide bonds. The van der Waals surface area contributed by atoms with Crippen molar-refractivity contribution in [2.24, 2.45) is 52.3 Å². The van der Waals surface area contributed by atoms with Crippen molar-refractivity contribution in [2.75, 3.05) is 0 Å². The number of aliphatic hydroxyl groups excluding tert-OH is 1. The Bertz CT molecular complexity index is 659. The van der Waals surface area contributed by atoms with Gasteiger partial charge < -0.3 is 9.84 Å². The number of ether oxygens (including phenoxy) is 1. The molecule has 0 aromatic rings. The minimum atomic E-state index is -0.126. The lowest BCUT2D eigenvalue weighted by atomic mass is 9.44. The first-order chi connectivity index (χ1) is 14.1. The molecular weight excluding hydrogens is 368 g/mol. The molecule has 1 heterocycles. The van der Waals surface area contributed by atoms with Crippen LogP contribution in [0.1, 0.15) is 106 Å². The molecule has 0 aromatic heterocycles. The second-order valence-electron chi connectivity index (χ2n) is 13.4. The highest BCUT2D eigenvalue weighted by atomic mass is 16.6. The van der Waals surface area contributed by atoms with E-state index in [-0.39, 0.29) is 11.7 Å². The summed E-state index contributed by atoms with van der Waals surface area (Å²) in [6.45, 7) is 15.1. The molecule has 0 bridgehead atoms. The third-order valence-corrected chi connectivity index (χ3v) is 12.0. The summed E-state index contributed by atoms with van der Waals surface area (Å²) in [4.78, 5) is 0. The van der Waals surface area contributed by atoms with Gasteiger partial charge in [0.25, 0.3) is 0 Å². The fourth-order valence-electron chi connectivity index (χ4n) is 9.69. The Balaban J connectivity index is 1.32. The first-order valence-corrected chi connectivity index (χ1v) is 13.5. The maximum Gasteiger partial charge on any atom is 0.103 e. The fraction of sp³-hybridized carbons (Fsp3) is 1.00. The van der Waals surface area contributed by atoms with Crippen LogP contribution < -0.4 is 0 Å². The van der Waals surface area contributed by atoms with Gasteiger partial charge >= 0.3 is 0 Å². The SMILES string of the molecule is CC(C)[C@H](C)CC[C@@H](C)C1CCC2C3C[C@H]4O[C@]45C[C@@H](O)CC[C@]5(C)C3CC[C@@]21C. The number of hydrogen-bond acceptors (Lipinski definition) is 2. The molecule has 1 saturated heterocycles. The van der Waals surface area contributed by atoms with Crippen molar-refractivity contribution in [3.05, 3.63) is 0 Å². The van der Waals surface area contributed by atoms with Crippen LogP contribution in [0.2, 0.25) is 0 Å². The van der Waals surface area contributed by atoms with Gasteiger partial charge in [-0.2, -0.15) is 0 Å². The summed E-state index contributed by atoms with van der Waals surface area (Å²) in [6.07, 6.45) is 13.3. The zero-order chi connectivity index (χ0) is 21.5. The monoisotopic (exact) mass is 416 g/mol. The Kier molecular flexibility index (Phi) is 5.23. The molecule has 1 aliphatic heterocycles. The van der Waals surface area contributed by atoms with Crippen molar-refractivity contribution in [3.8, 4) is 0 Å². The average molecular weight is 417 g/mol. The minimum Gasteiger partial charge on any atom is -0.393 e. The van der Waals surface area contributed by atoms with E-state index in [0.29, 0.717) is 16.9 Å². The van der Waals surface area contributed by atoms with Gasteiger partial charge in [0.1, 0.15) is 5.60 Å². The standard InChI is InChI=1S/C28H48O2/c1-17(2)18(3)7-8-19(4)22-9-10-23-21-15-25-28(30-25)16-20(29)11-14-27(28,6)24(21)12-13-26(22,23)5/h17-25,29H,7-16H2,1-6H3/t18-,19-,20+,21?,22?,23?,24?,25-,26-,27-,28-/m1/s1. The predicted octanol–water partition coefficient (Wildman–Crippen LogP) is 6.85. The molecule has 5 aliphatic rings. The van der Waals surface area contributed by atoms with E-state index in [2.05, 4.69) is 41.5 Å². The minimum absolute atomic E-state index is 0.0395. The van der Waals surface area contributed by atoms with E-state index in [1.165, 1.54) is 51.4 Å². The van der Waals surface area contributed by atoms with Crippen LogP contribution in [0, 0.1) is 52.3 Å². The summed E-state index contributed by atoms with van der Waals surface area (Å²) in [5, 5.41) is 10.4. The zero-order valence-corrected chi connectivity index (χ0v) is 20.6. The Morgan fingerprint density at radius 3 is 2.43 bits per heavy atom. The van der Waals surface area contributed by atoms with E-state index >= 15 is 0 Å². The van der Waals surface area contributed by atoms with E-state index in [4.69, 9.17) is 4.74 Å². The summed E-state index contributed by atoms with van der Waals surface area (Å²) in [7, 11) is 0. The van der Waals surface area contributed by atoms with Crippen LogP contribution in [-0.2, 0) is 4.74 Å². The highest BCUT2D eigenvalue weighted by Gasteiger charge is 2.76. The van der Waals surface area contributed by atoms with Crippen LogP contribution in [0.3, 0.4) is 0 Å². The third-order valence-electron chi connectivity index (χ3n) is 12.0. The van der Waals surface area contributed by atoms with Gasteiger partial charge in [0.05, 0.1) is 12.2 Å². The van der Waals surface area contributed by atoms with Gasteiger partial charge in [-0.1, -0.05) is 54.4 Å². The summed E-state index contributed by atoms with van der Waals surface area (Å²) in [6, 6.07) is 0. The summed E-state index contributed by atoms with van der Waals surface area (Å²) in [5.41, 5.74) is 0.913. The van der Waals surface area contributed by atoms with Gasteiger partial charge in [-0.3, -0.25) is 0 Å². The average Bonchev–Trinajstić information content (AvgIpc) is 3.27. The fourth-order valence-corrected chi connectivity index (χ4v) is 9.69. The highest BCUT2D eigenvalue weighted by molar-refractivity contribution is 5.24. The summed E-state index contributed by atoms with van der Waals surface area (Å²) >= 11 is 0. The maximum atomic E-state index is 10.4. The lowest BCUT2D eigenvalue weighted by molar-refractivity contribution is -0.116. The first kappa shape index (κ1) is 21.7. The highest BCUT2D eigenvalue weighted by Crippen LogP contribution is 2.74. The number of epoxide rings is 1. The normalized spacial score (nSPS) is 54.0. The quantitative estimate of drug-likeness (QED) is 0.497. The van der Waals surface area contributed by atoms with Crippen LogP contribution in [0.5, 0.6) is 0 Å². The van der Waals surface area contributed by atoms with Crippen molar-refractivity contribution >= 4 is 0 Å². The molecule has 30 heavy (non-hydrogen) atoms. The molecule has 2 heteroatoms. The van der Waals surface area contributed by atoms with E-state index in [1.54, 1.807) is 0 Å². The molecule has 11 atom stereocenters. The van der Waals surface area contributed by atoms with Crippen LogP contribution >= 0.6 is 0 Å². The number of fused-ring (bicyclic) bond motifs is 4. The van der Waals surface area contributed by atoms with E-state index < -0.39 is 0 Å². The van der Waals surface area contributed by atoms with Crippen molar-refractivity contribution < 1.29 is 9.84 Å². The van der Waals surface area contributed by atoms with Crippen molar-refractivity contribution in [2.45, 2.75) is 124 Å². The third kappa shape index (κ3) is 2.94. The van der Waals surface area contributed by atoms with E-state index in [1.807, 2.05) is 0 Å². The van der Waals surface area contributed by atoms with Gasteiger partial charge in [-0.05, 0) is 91.8 Å². The van der Waals surface area contributed by atoms with Crippen LogP contribution in [0.25, 0.3) is 0 Å². The van der Waals surface area contributed by atoms with Crippen molar-refractivity contribution in [1.82, 2.24) is 0 Å². The second-order valence-corrected chi connectivity index (χ2v) is 13.4. The lowest BCUT2D eigenvalue weighted by Gasteiger charge is -2.59. The van der Waals surface area contributed by atoms with Gasteiger partial charge in [0, 0.05) is 11.8 Å². The maximum absolute atomic E-state index is 10.4. The number of rotatable bonds is 5. The number of aliphatic hydroxyl groups is 1. The molecule has 0 radical (unpaired) electrons. The van der Waals surface area contributed by atoms with Gasteiger partial charge in [-0.25, -0.2) is 0 Å². The van der Waals surface area contributed by atoms with E-state index in [9.17, 15) is 5.11 Å². The molecule has 4 saturated carbocycles. The molecule has 2 nitrogen and oxygen atoms in total. The molecular formula is C28H48O2. The van der Waals surface area contributed by atoms with Crippen LogP contribution in [0.15, 0.2) is 0 Å². The van der Waals surface area contributed by atoms with E-state index in [0.717, 1.165) is 54.3 Å². The molecule has 1 spiro atoms. The Morgan fingerprint density at radius 2 is 1.70 bits per heavy atom. The topological polar surface area (TPSA) is 32.8 Å². The second kappa shape index (κ2) is 7.21. The molecule has 5 fully saturated rings. The summed E-state index contributed by atoms with van der Waals surface area (Å²) < 4.78 is 6.52. The molecule has 5 rings (SSSR count). The number of hydrogen-bond donors (Lipinski definition) is 1. The van der Waals surface area contributed by atoms with Gasteiger partial charge in [0.15, 0.2) is 0 Å². The molecule has 172 valence electrons. The Hall–Kier alpha value is -0.0800. The van der Waals surface area contributed by atoms with Crippen molar-refractivity contribution in [1.29, 1.82) is 0 Å². The van der Waals surface area contributed by atoms with Crippen LogP contribution in [0.4, 0.5) is 0 Å². The molecule has 1 N–H and O–H groups in total. The molecule has 4 unspecified atom stereocenters. The van der Waals surface area contributed by atoms with Crippen LogP contribution in [-0.4, -0.2) is 22.9 Å². The van der Waals surface area contributed by atoms with Crippen molar-refractivity contribution in [3.63, 3.8) is 0 Å². The lowest BCUT2D eigenvalue weighted by Crippen LogP contribution is -2.58.